The van der Waals surface area contributed by atoms with Gasteiger partial charge in [-0.2, -0.15) is 0 Å². The second kappa shape index (κ2) is 6.33. The Balaban J connectivity index is 0. The molecule has 0 fully saturated rings. The van der Waals surface area contributed by atoms with E-state index in [0.29, 0.717) is 0 Å². The van der Waals surface area contributed by atoms with Crippen LogP contribution < -0.4 is 5.11 Å². The van der Waals surface area contributed by atoms with Gasteiger partial charge < -0.3 is 9.90 Å². The Morgan fingerprint density at radius 2 is 2.11 bits per heavy atom. The van der Waals surface area contributed by atoms with Gasteiger partial charge in [-0.1, -0.05) is 20.3 Å². The largest absolute Gasteiger partial charge is 1.00 e. The van der Waals surface area contributed by atoms with Crippen LogP contribution in [0.15, 0.2) is 0 Å². The molecule has 0 bridgehead atoms. The molecule has 0 rings (SSSR count). The molecule has 0 aliphatic rings. The standard InChI is InChI=1S/C6H12O2.Ag/c1-3-4-5(2)6(7)8;/h5H,3-4H2,1-2H3,(H,7,8);/q;+1/p-1. The SMILES string of the molecule is CCCC(C)C(=O)[O-].[Ag+]. The molecule has 0 aromatic carbocycles. The van der Waals surface area contributed by atoms with Crippen LogP contribution in [0.1, 0.15) is 26.7 Å². The van der Waals surface area contributed by atoms with Crippen molar-refractivity contribution < 1.29 is 32.3 Å². The smallest absolute Gasteiger partial charge is 0.550 e. The summed E-state index contributed by atoms with van der Waals surface area (Å²) in [5.74, 6) is -1.22. The summed E-state index contributed by atoms with van der Waals surface area (Å²) in [5.41, 5.74) is 0. The predicted molar refractivity (Wildman–Crippen MR) is 29.1 cm³/mol. The number of hydrogen-bond acceptors (Lipinski definition) is 2. The average molecular weight is 223 g/mol. The maximum absolute atomic E-state index is 9.98. The Bertz CT molecular complexity index is 83.1. The third kappa shape index (κ3) is 6.09. The van der Waals surface area contributed by atoms with Crippen molar-refractivity contribution in [3.8, 4) is 0 Å². The molecule has 0 N–H and O–H groups in total. The fraction of sp³-hybridized carbons (Fsp3) is 0.833. The van der Waals surface area contributed by atoms with Crippen LogP contribution in [-0.4, -0.2) is 5.97 Å². The minimum atomic E-state index is -0.938. The zero-order valence-electron chi connectivity index (χ0n) is 5.61. The van der Waals surface area contributed by atoms with Crippen LogP contribution >= 0.6 is 0 Å². The molecule has 0 saturated carbocycles. The van der Waals surface area contributed by atoms with Crippen LogP contribution in [0.25, 0.3) is 0 Å². The van der Waals surface area contributed by atoms with Gasteiger partial charge in [0.25, 0.3) is 0 Å². The summed E-state index contributed by atoms with van der Waals surface area (Å²) in [4.78, 5) is 9.98. The third-order valence-corrected chi connectivity index (χ3v) is 1.12. The molecule has 0 aliphatic carbocycles. The molecule has 0 aromatic rings. The first kappa shape index (κ1) is 11.9. The van der Waals surface area contributed by atoms with Gasteiger partial charge >= 0.3 is 22.4 Å². The summed E-state index contributed by atoms with van der Waals surface area (Å²) in [7, 11) is 0. The molecule has 0 aliphatic heterocycles. The van der Waals surface area contributed by atoms with Gasteiger partial charge in [-0.05, 0) is 12.3 Å². The van der Waals surface area contributed by atoms with Crippen LogP contribution in [0.5, 0.6) is 0 Å². The van der Waals surface area contributed by atoms with Gasteiger partial charge in [0.2, 0.25) is 0 Å². The molecule has 0 aromatic heterocycles. The van der Waals surface area contributed by atoms with Crippen molar-refractivity contribution in [2.24, 2.45) is 5.92 Å². The van der Waals surface area contributed by atoms with E-state index < -0.39 is 5.97 Å². The zero-order chi connectivity index (χ0) is 6.57. The molecule has 1 atom stereocenters. The third-order valence-electron chi connectivity index (χ3n) is 1.12. The first-order chi connectivity index (χ1) is 3.68. The van der Waals surface area contributed by atoms with Crippen molar-refractivity contribution in [2.45, 2.75) is 26.7 Å². The summed E-state index contributed by atoms with van der Waals surface area (Å²) in [6, 6.07) is 0. The Labute approximate surface area is 71.2 Å². The number of carbonyl (C=O) groups excluding carboxylic acids is 1. The van der Waals surface area contributed by atoms with Crippen molar-refractivity contribution in [1.82, 2.24) is 0 Å². The van der Waals surface area contributed by atoms with Crippen molar-refractivity contribution in [3.05, 3.63) is 0 Å². The minimum Gasteiger partial charge on any atom is -0.550 e. The van der Waals surface area contributed by atoms with E-state index >= 15 is 0 Å². The van der Waals surface area contributed by atoms with E-state index in [0.717, 1.165) is 12.8 Å². The first-order valence-electron chi connectivity index (χ1n) is 2.89. The molecule has 0 saturated heterocycles. The Morgan fingerprint density at radius 1 is 1.67 bits per heavy atom. The topological polar surface area (TPSA) is 40.1 Å². The number of aliphatic carboxylic acids is 1. The summed E-state index contributed by atoms with van der Waals surface area (Å²) in [5, 5.41) is 9.98. The van der Waals surface area contributed by atoms with Gasteiger partial charge in [-0.25, -0.2) is 0 Å². The molecule has 3 heteroatoms. The van der Waals surface area contributed by atoms with Crippen molar-refractivity contribution in [2.75, 3.05) is 0 Å². The minimum absolute atomic E-state index is 0. The second-order valence-electron chi connectivity index (χ2n) is 2.01. The molecule has 0 spiro atoms. The summed E-state index contributed by atoms with van der Waals surface area (Å²) in [6.45, 7) is 3.62. The molecule has 2 nitrogen and oxygen atoms in total. The predicted octanol–water partition coefficient (Wildman–Crippen LogP) is 0.170. The quantitative estimate of drug-likeness (QED) is 0.640. The second-order valence-corrected chi connectivity index (χ2v) is 2.01. The van der Waals surface area contributed by atoms with Crippen LogP contribution in [-0.2, 0) is 27.2 Å². The van der Waals surface area contributed by atoms with Crippen molar-refractivity contribution >= 4 is 5.97 Å². The monoisotopic (exact) mass is 222 g/mol. The summed E-state index contributed by atoms with van der Waals surface area (Å²) in [6.07, 6.45) is 1.64. The number of carbonyl (C=O) groups is 1. The number of rotatable bonds is 3. The number of carboxylic acids is 1. The van der Waals surface area contributed by atoms with Gasteiger partial charge in [0.05, 0.1) is 0 Å². The van der Waals surface area contributed by atoms with Gasteiger partial charge in [0.1, 0.15) is 0 Å². The van der Waals surface area contributed by atoms with Crippen LogP contribution in [0, 0.1) is 5.92 Å². The fourth-order valence-electron chi connectivity index (χ4n) is 0.551. The van der Waals surface area contributed by atoms with Crippen molar-refractivity contribution in [3.63, 3.8) is 0 Å². The number of hydrogen-bond donors (Lipinski definition) is 0. The maximum atomic E-state index is 9.98. The van der Waals surface area contributed by atoms with Crippen LogP contribution in [0.3, 0.4) is 0 Å². The Morgan fingerprint density at radius 3 is 2.22 bits per heavy atom. The van der Waals surface area contributed by atoms with Gasteiger partial charge in [0.15, 0.2) is 0 Å². The van der Waals surface area contributed by atoms with Crippen LogP contribution in [0.2, 0.25) is 0 Å². The molecule has 1 unspecified atom stereocenters. The summed E-state index contributed by atoms with van der Waals surface area (Å²) >= 11 is 0. The van der Waals surface area contributed by atoms with Gasteiger partial charge in [0, 0.05) is 5.97 Å². The van der Waals surface area contributed by atoms with E-state index in [2.05, 4.69) is 0 Å². The Kier molecular flexibility index (Phi) is 8.40. The van der Waals surface area contributed by atoms with Gasteiger partial charge in [-0.3, -0.25) is 0 Å². The van der Waals surface area contributed by atoms with E-state index in [1.54, 1.807) is 6.92 Å². The summed E-state index contributed by atoms with van der Waals surface area (Å²) < 4.78 is 0. The van der Waals surface area contributed by atoms with E-state index in [-0.39, 0.29) is 28.3 Å². The van der Waals surface area contributed by atoms with E-state index in [1.165, 1.54) is 0 Å². The normalized spacial score (nSPS) is 11.8. The maximum Gasteiger partial charge on any atom is 1.00 e. The molecule has 9 heavy (non-hydrogen) atoms. The van der Waals surface area contributed by atoms with Crippen molar-refractivity contribution in [1.29, 1.82) is 0 Å². The molecule has 58 valence electrons. The molecular formula is C6H11AgO2. The first-order valence-corrected chi connectivity index (χ1v) is 2.89. The van der Waals surface area contributed by atoms with E-state index in [1.807, 2.05) is 6.92 Å². The molecule has 0 heterocycles. The van der Waals surface area contributed by atoms with Crippen LogP contribution in [0.4, 0.5) is 0 Å². The fourth-order valence-corrected chi connectivity index (χ4v) is 0.551. The molecular weight excluding hydrogens is 212 g/mol. The van der Waals surface area contributed by atoms with E-state index in [4.69, 9.17) is 0 Å². The molecule has 0 radical (unpaired) electrons. The van der Waals surface area contributed by atoms with E-state index in [9.17, 15) is 9.90 Å². The average Bonchev–Trinajstić information content (AvgIpc) is 1.67. The number of carboxylic acid groups (broad SMARTS) is 1. The molecule has 0 amide bonds. The Hall–Kier alpha value is 0.210. The zero-order valence-corrected chi connectivity index (χ0v) is 7.09. The van der Waals surface area contributed by atoms with Gasteiger partial charge in [-0.15, -0.1) is 0 Å².